The van der Waals surface area contributed by atoms with Crippen molar-refractivity contribution in [2.75, 3.05) is 13.2 Å². The van der Waals surface area contributed by atoms with Gasteiger partial charge in [0.1, 0.15) is 12.1 Å². The number of nitrogens with one attached hydrogen (secondary N) is 2. The Hall–Kier alpha value is -3.72. The maximum atomic E-state index is 12.7. The molecule has 0 spiro atoms. The van der Waals surface area contributed by atoms with E-state index in [9.17, 15) is 19.2 Å². The highest BCUT2D eigenvalue weighted by atomic mass is 16.5. The van der Waals surface area contributed by atoms with Crippen molar-refractivity contribution in [2.45, 2.75) is 180 Å². The summed E-state index contributed by atoms with van der Waals surface area (Å²) in [7, 11) is 0. The van der Waals surface area contributed by atoms with Gasteiger partial charge in [0.2, 0.25) is 11.8 Å². The molecule has 0 aliphatic carbocycles. The SMILES string of the molecule is CC/C=C\C/C=C\C/C=C\C/C=C\C(CCCCCC(=O)NCC(=O)NC(CO)C(=O)O)OC(=O)CCCCCCCCC/C=C\C/C=C\CCCCCC. The summed E-state index contributed by atoms with van der Waals surface area (Å²) in [5, 5.41) is 22.5. The van der Waals surface area contributed by atoms with Crippen LogP contribution in [0.15, 0.2) is 72.9 Å². The molecule has 55 heavy (non-hydrogen) atoms. The number of unbranched alkanes of at least 4 members (excludes halogenated alkanes) is 13. The van der Waals surface area contributed by atoms with Crippen LogP contribution in [0.25, 0.3) is 0 Å². The quantitative estimate of drug-likeness (QED) is 0.0280. The summed E-state index contributed by atoms with van der Waals surface area (Å²) >= 11 is 0. The van der Waals surface area contributed by atoms with Gasteiger partial charge >= 0.3 is 11.9 Å². The number of aliphatic hydroxyl groups is 1. The summed E-state index contributed by atoms with van der Waals surface area (Å²) in [6.45, 7) is 3.28. The molecule has 0 aromatic carbocycles. The number of carboxylic acid groups (broad SMARTS) is 1. The standard InChI is InChI=1S/C46H76N2O7/c1-3-5-7-9-11-13-15-16-17-18-19-20-21-23-25-27-29-34-38-45(52)55-41(35-31-28-26-24-22-14-12-10-8-6-4-2)36-32-30-33-37-43(50)47-39-44(51)48-42(40-49)46(53)54/h6,8,12-15,17-18,24,26,31,35,41-42,49H,3-5,7,9-11,16,19-23,25,27-30,32-34,36-40H2,1-2H3,(H,47,50)(H,48,51)(H,53,54)/b8-6-,14-12-,15-13-,18-17-,26-24-,35-31-. The summed E-state index contributed by atoms with van der Waals surface area (Å²) in [4.78, 5) is 47.6. The number of hydrogen-bond acceptors (Lipinski definition) is 6. The highest BCUT2D eigenvalue weighted by Crippen LogP contribution is 2.14. The molecule has 9 heteroatoms. The zero-order chi connectivity index (χ0) is 40.5. The first-order valence-corrected chi connectivity index (χ1v) is 21.3. The molecule has 0 fully saturated rings. The molecule has 0 radical (unpaired) electrons. The molecule has 312 valence electrons. The van der Waals surface area contributed by atoms with Crippen LogP contribution in [0.2, 0.25) is 0 Å². The van der Waals surface area contributed by atoms with Gasteiger partial charge in [0.25, 0.3) is 0 Å². The van der Waals surface area contributed by atoms with E-state index in [-0.39, 0.29) is 30.9 Å². The lowest BCUT2D eigenvalue weighted by Gasteiger charge is -2.15. The largest absolute Gasteiger partial charge is 0.480 e. The molecule has 2 amide bonds. The van der Waals surface area contributed by atoms with Crippen LogP contribution in [0.4, 0.5) is 0 Å². The number of hydrogen-bond donors (Lipinski definition) is 4. The molecule has 0 saturated heterocycles. The molecule has 0 bridgehead atoms. The number of carbonyl (C=O) groups excluding carboxylic acids is 3. The molecule has 9 nitrogen and oxygen atoms in total. The van der Waals surface area contributed by atoms with Crippen LogP contribution in [0.5, 0.6) is 0 Å². The monoisotopic (exact) mass is 769 g/mol. The number of esters is 1. The predicted molar refractivity (Wildman–Crippen MR) is 227 cm³/mol. The van der Waals surface area contributed by atoms with E-state index in [1.54, 1.807) is 0 Å². The van der Waals surface area contributed by atoms with Gasteiger partial charge < -0.3 is 25.6 Å². The van der Waals surface area contributed by atoms with Gasteiger partial charge in [-0.25, -0.2) is 4.79 Å². The average molecular weight is 769 g/mol. The van der Waals surface area contributed by atoms with E-state index in [0.29, 0.717) is 19.3 Å². The molecular formula is C46H76N2O7. The second-order valence-electron chi connectivity index (χ2n) is 14.0. The van der Waals surface area contributed by atoms with Crippen LogP contribution in [0, 0.1) is 0 Å². The summed E-state index contributed by atoms with van der Waals surface area (Å²) in [5.74, 6) is -2.51. The Morgan fingerprint density at radius 1 is 0.582 bits per heavy atom. The number of carbonyl (C=O) groups is 4. The van der Waals surface area contributed by atoms with Crippen LogP contribution in [0.1, 0.15) is 168 Å². The van der Waals surface area contributed by atoms with Gasteiger partial charge in [-0.3, -0.25) is 14.4 Å². The molecule has 0 rings (SSSR count). The highest BCUT2D eigenvalue weighted by Gasteiger charge is 2.18. The third kappa shape index (κ3) is 37.0. The van der Waals surface area contributed by atoms with Gasteiger partial charge in [-0.2, -0.15) is 0 Å². The molecule has 0 aromatic heterocycles. The van der Waals surface area contributed by atoms with Gasteiger partial charge in [-0.15, -0.1) is 0 Å². The number of amides is 2. The number of aliphatic carboxylic acids is 1. The Morgan fingerprint density at radius 2 is 1.09 bits per heavy atom. The van der Waals surface area contributed by atoms with Crippen molar-refractivity contribution in [1.29, 1.82) is 0 Å². The first-order chi connectivity index (χ1) is 26.8. The summed E-state index contributed by atoms with van der Waals surface area (Å²) in [6, 6.07) is -1.41. The van der Waals surface area contributed by atoms with Gasteiger partial charge in [0.15, 0.2) is 0 Å². The van der Waals surface area contributed by atoms with Crippen molar-refractivity contribution in [1.82, 2.24) is 10.6 Å². The molecular weight excluding hydrogens is 693 g/mol. The van der Waals surface area contributed by atoms with Crippen LogP contribution >= 0.6 is 0 Å². The summed E-state index contributed by atoms with van der Waals surface area (Å²) in [6.07, 6.45) is 49.4. The minimum Gasteiger partial charge on any atom is -0.480 e. The second-order valence-corrected chi connectivity index (χ2v) is 14.0. The molecule has 0 heterocycles. The molecule has 4 N–H and O–H groups in total. The second kappa shape index (κ2) is 40.0. The van der Waals surface area contributed by atoms with Gasteiger partial charge in [0.05, 0.1) is 13.2 Å². The fourth-order valence-electron chi connectivity index (χ4n) is 5.65. The van der Waals surface area contributed by atoms with Gasteiger partial charge in [-0.05, 0) is 89.5 Å². The Kier molecular flexibility index (Phi) is 37.3. The number of aliphatic hydroxyl groups excluding tert-OH is 1. The predicted octanol–water partition coefficient (Wildman–Crippen LogP) is 10.3. The van der Waals surface area contributed by atoms with Crippen LogP contribution in [0.3, 0.4) is 0 Å². The number of rotatable bonds is 37. The van der Waals surface area contributed by atoms with E-state index in [4.69, 9.17) is 14.9 Å². The number of allylic oxidation sites excluding steroid dienone is 11. The molecule has 2 unspecified atom stereocenters. The van der Waals surface area contributed by atoms with E-state index >= 15 is 0 Å². The first-order valence-electron chi connectivity index (χ1n) is 21.3. The van der Waals surface area contributed by atoms with Crippen molar-refractivity contribution in [3.05, 3.63) is 72.9 Å². The fourth-order valence-corrected chi connectivity index (χ4v) is 5.65. The first kappa shape index (κ1) is 51.3. The lowest BCUT2D eigenvalue weighted by atomic mass is 10.1. The molecule has 0 aliphatic rings. The van der Waals surface area contributed by atoms with E-state index in [0.717, 1.165) is 70.6 Å². The Bertz CT molecular complexity index is 1150. The third-order valence-electron chi connectivity index (χ3n) is 8.92. The highest BCUT2D eigenvalue weighted by molar-refractivity contribution is 5.87. The Labute approximate surface area is 333 Å². The maximum absolute atomic E-state index is 12.7. The zero-order valence-corrected chi connectivity index (χ0v) is 34.4. The maximum Gasteiger partial charge on any atom is 0.328 e. The smallest absolute Gasteiger partial charge is 0.328 e. The van der Waals surface area contributed by atoms with Crippen LogP contribution in [-0.4, -0.2) is 59.3 Å². The van der Waals surface area contributed by atoms with Crippen molar-refractivity contribution in [3.8, 4) is 0 Å². The van der Waals surface area contributed by atoms with E-state index in [2.05, 4.69) is 85.2 Å². The minimum atomic E-state index is -1.41. The zero-order valence-electron chi connectivity index (χ0n) is 34.4. The lowest BCUT2D eigenvalue weighted by Crippen LogP contribution is -2.47. The Balaban J connectivity index is 4.44. The summed E-state index contributed by atoms with van der Waals surface area (Å²) in [5.41, 5.74) is 0. The third-order valence-corrected chi connectivity index (χ3v) is 8.92. The lowest BCUT2D eigenvalue weighted by molar-refractivity contribution is -0.147. The molecule has 0 aromatic rings. The van der Waals surface area contributed by atoms with Crippen LogP contribution < -0.4 is 10.6 Å². The van der Waals surface area contributed by atoms with Crippen molar-refractivity contribution in [3.63, 3.8) is 0 Å². The van der Waals surface area contributed by atoms with E-state index in [1.807, 2.05) is 12.2 Å². The van der Waals surface area contributed by atoms with Crippen molar-refractivity contribution < 1.29 is 34.1 Å². The minimum absolute atomic E-state index is 0.172. The normalized spacial score (nSPS) is 13.2. The average Bonchev–Trinajstić information content (AvgIpc) is 3.17. The van der Waals surface area contributed by atoms with E-state index < -0.39 is 24.5 Å². The number of ether oxygens (including phenoxy) is 1. The summed E-state index contributed by atoms with van der Waals surface area (Å²) < 4.78 is 5.86. The molecule has 0 saturated carbocycles. The van der Waals surface area contributed by atoms with E-state index in [1.165, 1.54) is 57.8 Å². The van der Waals surface area contributed by atoms with Gasteiger partial charge in [0, 0.05) is 12.8 Å². The molecule has 0 aliphatic heterocycles. The van der Waals surface area contributed by atoms with Crippen molar-refractivity contribution >= 4 is 23.8 Å². The topological polar surface area (TPSA) is 142 Å². The van der Waals surface area contributed by atoms with Gasteiger partial charge in [-0.1, -0.05) is 138 Å². The number of carboxylic acids is 1. The fraction of sp³-hybridized carbons (Fsp3) is 0.652. The Morgan fingerprint density at radius 3 is 1.67 bits per heavy atom. The van der Waals surface area contributed by atoms with Crippen LogP contribution in [-0.2, 0) is 23.9 Å². The molecule has 2 atom stereocenters. The van der Waals surface area contributed by atoms with Crippen molar-refractivity contribution in [2.24, 2.45) is 0 Å².